The predicted octanol–water partition coefficient (Wildman–Crippen LogP) is 3.43. The van der Waals surface area contributed by atoms with Gasteiger partial charge < -0.3 is 5.32 Å². The van der Waals surface area contributed by atoms with Crippen LogP contribution < -0.4 is 5.32 Å². The molecular weight excluding hydrogens is 331 g/mol. The lowest BCUT2D eigenvalue weighted by Crippen LogP contribution is -2.34. The minimum Gasteiger partial charge on any atom is -0.306 e. The Labute approximate surface area is 124 Å². The number of amides is 1. The van der Waals surface area contributed by atoms with Crippen LogP contribution in [0.15, 0.2) is 27.7 Å². The third-order valence-corrected chi connectivity index (χ3v) is 4.48. The molecule has 102 valence electrons. The molecule has 3 nitrogen and oxygen atoms in total. The fraction of sp³-hybridized carbons (Fsp3) is 0.385. The molecule has 0 saturated carbocycles. The van der Waals surface area contributed by atoms with Gasteiger partial charge in [-0.1, -0.05) is 17.8 Å². The Morgan fingerprint density at radius 2 is 2.32 bits per heavy atom. The summed E-state index contributed by atoms with van der Waals surface area (Å²) >= 11 is 4.72. The van der Waals surface area contributed by atoms with Gasteiger partial charge in [0.1, 0.15) is 5.82 Å². The van der Waals surface area contributed by atoms with E-state index in [0.29, 0.717) is 9.64 Å². The summed E-state index contributed by atoms with van der Waals surface area (Å²) in [7, 11) is 0. The van der Waals surface area contributed by atoms with Crippen LogP contribution in [0.4, 0.5) is 4.39 Å². The second-order valence-corrected chi connectivity index (χ2v) is 6.54. The molecule has 1 heterocycles. The van der Waals surface area contributed by atoms with Gasteiger partial charge >= 0.3 is 0 Å². The van der Waals surface area contributed by atoms with E-state index in [1.807, 2.05) is 6.92 Å². The Morgan fingerprint density at radius 3 is 2.95 bits per heavy atom. The molecule has 1 unspecified atom stereocenters. The van der Waals surface area contributed by atoms with Crippen LogP contribution >= 0.6 is 27.7 Å². The van der Waals surface area contributed by atoms with E-state index < -0.39 is 5.54 Å². The maximum absolute atomic E-state index is 13.3. The topological polar surface area (TPSA) is 41.5 Å². The smallest absolute Gasteiger partial charge is 0.222 e. The lowest BCUT2D eigenvalue weighted by molar-refractivity contribution is -0.117. The molecule has 1 aliphatic rings. The zero-order valence-electron chi connectivity index (χ0n) is 10.7. The number of nitrogens with one attached hydrogen (secondary N) is 1. The second-order valence-electron chi connectivity index (χ2n) is 4.60. The maximum atomic E-state index is 13.3. The fourth-order valence-electron chi connectivity index (χ4n) is 1.91. The number of aliphatic imine (C=N–C) groups is 1. The highest BCUT2D eigenvalue weighted by Gasteiger charge is 2.30. The second kappa shape index (κ2) is 5.63. The molecule has 0 fully saturated rings. The molecule has 0 spiro atoms. The monoisotopic (exact) mass is 344 g/mol. The number of rotatable bonds is 1. The third kappa shape index (κ3) is 3.36. The molecular formula is C13H14BrFN2OS. The molecule has 0 bridgehead atoms. The zero-order valence-corrected chi connectivity index (χ0v) is 13.1. The van der Waals surface area contributed by atoms with Gasteiger partial charge in [-0.3, -0.25) is 9.79 Å². The fourth-order valence-corrected chi connectivity index (χ4v) is 3.47. The van der Waals surface area contributed by atoms with Crippen molar-refractivity contribution in [3.8, 4) is 0 Å². The summed E-state index contributed by atoms with van der Waals surface area (Å²) in [6.07, 6.45) is 0.846. The largest absolute Gasteiger partial charge is 0.306 e. The number of hydrogen-bond acceptors (Lipinski definition) is 3. The van der Waals surface area contributed by atoms with Crippen molar-refractivity contribution in [1.82, 2.24) is 5.32 Å². The van der Waals surface area contributed by atoms with Crippen molar-refractivity contribution in [1.29, 1.82) is 0 Å². The van der Waals surface area contributed by atoms with Gasteiger partial charge in [0.25, 0.3) is 0 Å². The summed E-state index contributed by atoms with van der Waals surface area (Å²) in [5.41, 5.74) is 0.503. The molecule has 19 heavy (non-hydrogen) atoms. The van der Waals surface area contributed by atoms with Gasteiger partial charge in [-0.25, -0.2) is 4.39 Å². The first-order chi connectivity index (χ1) is 8.90. The Hall–Kier alpha value is -0.880. The molecule has 6 heteroatoms. The number of benzene rings is 1. The first-order valence-electron chi connectivity index (χ1n) is 5.86. The number of thioether (sulfide) groups is 1. The molecule has 1 atom stereocenters. The molecule has 0 saturated heterocycles. The van der Waals surface area contributed by atoms with Crippen LogP contribution in [0.25, 0.3) is 0 Å². The number of carbonyl (C=O) groups is 1. The molecule has 1 aromatic rings. The van der Waals surface area contributed by atoms with E-state index in [2.05, 4.69) is 26.2 Å². The minimum atomic E-state index is -0.431. The van der Waals surface area contributed by atoms with Gasteiger partial charge in [0.2, 0.25) is 5.91 Å². The number of carbonyl (C=O) groups excluding carboxylic acids is 1. The first kappa shape index (κ1) is 14.5. The normalized spacial score (nSPS) is 22.8. The van der Waals surface area contributed by atoms with E-state index in [0.717, 1.165) is 17.7 Å². The van der Waals surface area contributed by atoms with Crippen LogP contribution in [0.5, 0.6) is 0 Å². The number of amidine groups is 1. The molecule has 0 radical (unpaired) electrons. The summed E-state index contributed by atoms with van der Waals surface area (Å²) in [6, 6.07) is 4.92. The highest BCUT2D eigenvalue weighted by molar-refractivity contribution is 9.10. The highest BCUT2D eigenvalue weighted by atomic mass is 79.9. The lowest BCUT2D eigenvalue weighted by atomic mass is 9.90. The average Bonchev–Trinajstić information content (AvgIpc) is 2.31. The van der Waals surface area contributed by atoms with Crippen LogP contribution in [-0.4, -0.2) is 16.8 Å². The molecule has 1 aromatic carbocycles. The van der Waals surface area contributed by atoms with Gasteiger partial charge in [0.15, 0.2) is 5.17 Å². The molecule has 1 aliphatic heterocycles. The lowest BCUT2D eigenvalue weighted by Gasteiger charge is -2.30. The van der Waals surface area contributed by atoms with Gasteiger partial charge in [-0.2, -0.15) is 0 Å². The van der Waals surface area contributed by atoms with E-state index in [1.165, 1.54) is 24.8 Å². The predicted molar refractivity (Wildman–Crippen MR) is 79.8 cm³/mol. The van der Waals surface area contributed by atoms with E-state index in [1.54, 1.807) is 12.1 Å². The van der Waals surface area contributed by atoms with E-state index in [4.69, 9.17) is 0 Å². The van der Waals surface area contributed by atoms with Crippen LogP contribution in [0, 0.1) is 5.82 Å². The number of hydrogen-bond donors (Lipinski definition) is 1. The van der Waals surface area contributed by atoms with Gasteiger partial charge in [-0.15, -0.1) is 0 Å². The number of halogens is 2. The highest BCUT2D eigenvalue weighted by Crippen LogP contribution is 2.36. The summed E-state index contributed by atoms with van der Waals surface area (Å²) < 4.78 is 13.7. The van der Waals surface area contributed by atoms with E-state index >= 15 is 0 Å². The van der Waals surface area contributed by atoms with Crippen molar-refractivity contribution in [3.05, 3.63) is 34.1 Å². The van der Waals surface area contributed by atoms with Crippen LogP contribution in [0.2, 0.25) is 0 Å². The molecule has 2 rings (SSSR count). The van der Waals surface area contributed by atoms with Crippen LogP contribution in [-0.2, 0) is 10.3 Å². The Bertz CT molecular complexity index is 549. The standard InChI is InChI=1S/C13H14BrFN2OS/c1-8(18)16-12-17-13(2,5-6-19-12)9-3-4-11(15)10(14)7-9/h3-4,7H,5-6H2,1-2H3,(H,16,17,18). The average molecular weight is 345 g/mol. The van der Waals surface area contributed by atoms with Crippen molar-refractivity contribution in [2.24, 2.45) is 4.99 Å². The Morgan fingerprint density at radius 1 is 1.58 bits per heavy atom. The van der Waals surface area contributed by atoms with Crippen LogP contribution in [0.1, 0.15) is 25.8 Å². The summed E-state index contributed by atoms with van der Waals surface area (Å²) in [5, 5.41) is 3.35. The van der Waals surface area contributed by atoms with Gasteiger partial charge in [0.05, 0.1) is 10.0 Å². The van der Waals surface area contributed by atoms with Crippen LogP contribution in [0.3, 0.4) is 0 Å². The third-order valence-electron chi connectivity index (χ3n) is 3.00. The molecule has 0 aromatic heterocycles. The molecule has 1 N–H and O–H groups in total. The quantitative estimate of drug-likeness (QED) is 0.847. The Kier molecular flexibility index (Phi) is 4.30. The summed E-state index contributed by atoms with van der Waals surface area (Å²) in [4.78, 5) is 15.7. The van der Waals surface area contributed by atoms with Crippen molar-refractivity contribution in [2.75, 3.05) is 5.75 Å². The van der Waals surface area contributed by atoms with Crippen molar-refractivity contribution < 1.29 is 9.18 Å². The van der Waals surface area contributed by atoms with E-state index in [9.17, 15) is 9.18 Å². The van der Waals surface area contributed by atoms with Crippen molar-refractivity contribution in [2.45, 2.75) is 25.8 Å². The number of nitrogens with zero attached hydrogens (tertiary/aromatic N) is 1. The summed E-state index contributed by atoms with van der Waals surface area (Å²) in [6.45, 7) is 3.46. The zero-order chi connectivity index (χ0) is 14.0. The summed E-state index contributed by atoms with van der Waals surface area (Å²) in [5.74, 6) is 0.448. The van der Waals surface area contributed by atoms with Crippen molar-refractivity contribution >= 4 is 38.8 Å². The van der Waals surface area contributed by atoms with E-state index in [-0.39, 0.29) is 11.7 Å². The maximum Gasteiger partial charge on any atom is 0.222 e. The SMILES string of the molecule is CC(=O)NC1=NC(C)(c2ccc(F)c(Br)c2)CCS1. The Balaban J connectivity index is 2.35. The molecule has 0 aliphatic carbocycles. The molecule has 1 amide bonds. The minimum absolute atomic E-state index is 0.129. The first-order valence-corrected chi connectivity index (χ1v) is 7.64. The van der Waals surface area contributed by atoms with Gasteiger partial charge in [-0.05, 0) is 47.0 Å². The van der Waals surface area contributed by atoms with Gasteiger partial charge in [0, 0.05) is 12.7 Å². The van der Waals surface area contributed by atoms with Crippen molar-refractivity contribution in [3.63, 3.8) is 0 Å².